The second-order valence-electron chi connectivity index (χ2n) is 5.43. The summed E-state index contributed by atoms with van der Waals surface area (Å²) >= 11 is 0. The highest BCUT2D eigenvalue weighted by atomic mass is 16.5. The van der Waals surface area contributed by atoms with Crippen LogP contribution in [0.1, 0.15) is 50.9 Å². The summed E-state index contributed by atoms with van der Waals surface area (Å²) in [5, 5.41) is 7.39. The minimum Gasteiger partial charge on any atom is -0.346 e. The molecule has 0 aliphatic rings. The van der Waals surface area contributed by atoms with Crippen LogP contribution in [-0.2, 0) is 13.1 Å². The van der Waals surface area contributed by atoms with E-state index in [0.717, 1.165) is 12.4 Å². The summed E-state index contributed by atoms with van der Waals surface area (Å²) in [4.78, 5) is 4.37. The van der Waals surface area contributed by atoms with Crippen LogP contribution >= 0.6 is 0 Å². The van der Waals surface area contributed by atoms with Crippen molar-refractivity contribution in [2.24, 2.45) is 0 Å². The largest absolute Gasteiger partial charge is 0.346 e. The minimum atomic E-state index is 0.275. The van der Waals surface area contributed by atoms with Crippen LogP contribution in [0.15, 0.2) is 23.0 Å². The number of rotatable bonds is 6. The summed E-state index contributed by atoms with van der Waals surface area (Å²) in [5.41, 5.74) is 1.27. The van der Waals surface area contributed by atoms with E-state index >= 15 is 0 Å². The van der Waals surface area contributed by atoms with Crippen molar-refractivity contribution in [3.05, 3.63) is 35.7 Å². The first-order valence-corrected chi connectivity index (χ1v) is 6.75. The van der Waals surface area contributed by atoms with E-state index in [4.69, 9.17) is 4.52 Å². The van der Waals surface area contributed by atoms with Gasteiger partial charge in [-0.15, -0.1) is 0 Å². The Morgan fingerprint density at radius 2 is 2.11 bits per heavy atom. The highest BCUT2D eigenvalue weighted by molar-refractivity contribution is 5.11. The summed E-state index contributed by atoms with van der Waals surface area (Å²) in [5.74, 6) is 1.70. The molecule has 104 valence electrons. The lowest BCUT2D eigenvalue weighted by atomic mass is 10.2. The zero-order valence-corrected chi connectivity index (χ0v) is 12.1. The van der Waals surface area contributed by atoms with Gasteiger partial charge in [0.1, 0.15) is 0 Å². The molecular weight excluding hydrogens is 240 g/mol. The van der Waals surface area contributed by atoms with Gasteiger partial charge in [0.05, 0.1) is 6.54 Å². The van der Waals surface area contributed by atoms with Gasteiger partial charge >= 0.3 is 0 Å². The molecule has 2 aromatic rings. The predicted octanol–water partition coefficient (Wildman–Crippen LogP) is 2.54. The number of hydrogen-bond donors (Lipinski definition) is 1. The third-order valence-electron chi connectivity index (χ3n) is 2.83. The van der Waals surface area contributed by atoms with Gasteiger partial charge in [0.15, 0.2) is 5.82 Å². The van der Waals surface area contributed by atoms with Crippen molar-refractivity contribution in [3.8, 4) is 0 Å². The Balaban J connectivity index is 1.95. The molecule has 1 N–H and O–H groups in total. The van der Waals surface area contributed by atoms with Crippen molar-refractivity contribution in [3.63, 3.8) is 0 Å². The molecule has 0 amide bonds. The molecule has 0 bridgehead atoms. The number of nitrogens with zero attached hydrogens (tertiary/aromatic N) is 3. The molecule has 0 saturated carbocycles. The molecule has 2 aromatic heterocycles. The first-order valence-electron chi connectivity index (χ1n) is 6.75. The van der Waals surface area contributed by atoms with Crippen LogP contribution in [-0.4, -0.2) is 20.7 Å². The summed E-state index contributed by atoms with van der Waals surface area (Å²) in [6.07, 6.45) is 4.16. The van der Waals surface area contributed by atoms with Gasteiger partial charge in [0.25, 0.3) is 0 Å². The van der Waals surface area contributed by atoms with Crippen LogP contribution in [0.5, 0.6) is 0 Å². The van der Waals surface area contributed by atoms with Gasteiger partial charge in [-0.05, 0) is 11.6 Å². The Morgan fingerprint density at radius 3 is 2.74 bits per heavy atom. The molecule has 0 aliphatic carbocycles. The van der Waals surface area contributed by atoms with E-state index in [-0.39, 0.29) is 5.92 Å². The van der Waals surface area contributed by atoms with E-state index in [9.17, 15) is 0 Å². The second kappa shape index (κ2) is 6.02. The Hall–Kier alpha value is -1.62. The van der Waals surface area contributed by atoms with E-state index < -0.39 is 0 Å². The molecule has 19 heavy (non-hydrogen) atoms. The molecule has 0 unspecified atom stereocenters. The van der Waals surface area contributed by atoms with E-state index in [1.807, 2.05) is 20.0 Å². The molecule has 0 atom stereocenters. The standard InChI is InChI=1S/C14H22N4O/c1-10(2)14-16-13(17-19-14)9-18-6-5-12(8-18)7-15-11(3)4/h5-6,8,10-11,15H,7,9H2,1-4H3. The number of hydrogen-bond acceptors (Lipinski definition) is 4. The molecule has 0 radical (unpaired) electrons. The van der Waals surface area contributed by atoms with Gasteiger partial charge < -0.3 is 14.4 Å². The Kier molecular flexibility index (Phi) is 4.37. The molecule has 5 heteroatoms. The third kappa shape index (κ3) is 3.92. The van der Waals surface area contributed by atoms with Gasteiger partial charge in [-0.25, -0.2) is 0 Å². The van der Waals surface area contributed by atoms with Crippen molar-refractivity contribution in [1.82, 2.24) is 20.0 Å². The Morgan fingerprint density at radius 1 is 1.32 bits per heavy atom. The molecule has 2 rings (SSSR count). The Bertz CT molecular complexity index is 513. The monoisotopic (exact) mass is 262 g/mol. The maximum absolute atomic E-state index is 5.20. The third-order valence-corrected chi connectivity index (χ3v) is 2.83. The zero-order valence-electron chi connectivity index (χ0n) is 12.1. The van der Waals surface area contributed by atoms with Gasteiger partial charge in [0, 0.05) is 30.9 Å². The van der Waals surface area contributed by atoms with Gasteiger partial charge in [-0.3, -0.25) is 0 Å². The second-order valence-corrected chi connectivity index (χ2v) is 5.43. The fraction of sp³-hybridized carbons (Fsp3) is 0.571. The van der Waals surface area contributed by atoms with Crippen LogP contribution in [0.25, 0.3) is 0 Å². The normalized spacial score (nSPS) is 11.7. The van der Waals surface area contributed by atoms with E-state index in [2.05, 4.69) is 46.1 Å². The topological polar surface area (TPSA) is 55.9 Å². The summed E-state index contributed by atoms with van der Waals surface area (Å²) in [7, 11) is 0. The highest BCUT2D eigenvalue weighted by Gasteiger charge is 2.10. The average Bonchev–Trinajstić information content (AvgIpc) is 2.96. The average molecular weight is 262 g/mol. The number of nitrogens with one attached hydrogen (secondary N) is 1. The van der Waals surface area contributed by atoms with Crippen LogP contribution in [0.2, 0.25) is 0 Å². The lowest BCUT2D eigenvalue weighted by Crippen LogP contribution is -2.21. The van der Waals surface area contributed by atoms with Crippen molar-refractivity contribution in [2.45, 2.75) is 52.7 Å². The molecule has 0 spiro atoms. The van der Waals surface area contributed by atoms with Crippen LogP contribution < -0.4 is 5.32 Å². The summed E-state index contributed by atoms with van der Waals surface area (Å²) in [6.45, 7) is 9.91. The molecule has 0 fully saturated rings. The van der Waals surface area contributed by atoms with Crippen molar-refractivity contribution < 1.29 is 4.52 Å². The molecule has 5 nitrogen and oxygen atoms in total. The SMILES string of the molecule is CC(C)NCc1ccn(Cc2noc(C(C)C)n2)c1. The van der Waals surface area contributed by atoms with Crippen molar-refractivity contribution in [2.75, 3.05) is 0 Å². The van der Waals surface area contributed by atoms with Crippen LogP contribution in [0.3, 0.4) is 0 Å². The Labute approximate surface area is 114 Å². The maximum atomic E-state index is 5.20. The highest BCUT2D eigenvalue weighted by Crippen LogP contribution is 2.12. The van der Waals surface area contributed by atoms with E-state index in [1.54, 1.807) is 0 Å². The summed E-state index contributed by atoms with van der Waals surface area (Å²) in [6, 6.07) is 2.60. The van der Waals surface area contributed by atoms with Gasteiger partial charge in [-0.1, -0.05) is 32.9 Å². The fourth-order valence-electron chi connectivity index (χ4n) is 1.74. The smallest absolute Gasteiger partial charge is 0.229 e. The van der Waals surface area contributed by atoms with Crippen LogP contribution in [0.4, 0.5) is 0 Å². The van der Waals surface area contributed by atoms with Crippen molar-refractivity contribution >= 4 is 0 Å². The van der Waals surface area contributed by atoms with E-state index in [0.29, 0.717) is 18.5 Å². The minimum absolute atomic E-state index is 0.275. The number of aromatic nitrogens is 3. The zero-order chi connectivity index (χ0) is 13.8. The van der Waals surface area contributed by atoms with Gasteiger partial charge in [0.2, 0.25) is 5.89 Å². The van der Waals surface area contributed by atoms with E-state index in [1.165, 1.54) is 5.56 Å². The lowest BCUT2D eigenvalue weighted by Gasteiger charge is -2.05. The first-order chi connectivity index (χ1) is 9.04. The maximum Gasteiger partial charge on any atom is 0.229 e. The molecule has 2 heterocycles. The lowest BCUT2D eigenvalue weighted by molar-refractivity contribution is 0.360. The molecular formula is C14H22N4O. The molecule has 0 aliphatic heterocycles. The van der Waals surface area contributed by atoms with Crippen molar-refractivity contribution in [1.29, 1.82) is 0 Å². The molecule has 0 saturated heterocycles. The van der Waals surface area contributed by atoms with Crippen LogP contribution in [0, 0.1) is 0 Å². The first kappa shape index (κ1) is 13.8. The summed E-state index contributed by atoms with van der Waals surface area (Å²) < 4.78 is 7.27. The predicted molar refractivity (Wildman–Crippen MR) is 73.9 cm³/mol. The quantitative estimate of drug-likeness (QED) is 0.869. The van der Waals surface area contributed by atoms with Gasteiger partial charge in [-0.2, -0.15) is 4.98 Å². The fourth-order valence-corrected chi connectivity index (χ4v) is 1.74. The molecule has 0 aromatic carbocycles.